The van der Waals surface area contributed by atoms with Crippen molar-refractivity contribution in [2.45, 2.75) is 48.3 Å². The van der Waals surface area contributed by atoms with E-state index in [0.29, 0.717) is 5.92 Å². The third-order valence-electron chi connectivity index (χ3n) is 5.92. The zero-order valence-corrected chi connectivity index (χ0v) is 17.0. The van der Waals surface area contributed by atoms with Crippen LogP contribution in [0.2, 0.25) is 0 Å². The number of pyridine rings is 1. The topological polar surface area (TPSA) is 42.1 Å². The Labute approximate surface area is 171 Å². The van der Waals surface area contributed by atoms with Gasteiger partial charge in [0.1, 0.15) is 0 Å². The third-order valence-corrected chi connectivity index (χ3v) is 7.27. The largest absolute Gasteiger partial charge is 0.398 e. The molecule has 0 radical (unpaired) electrons. The highest BCUT2D eigenvalue weighted by atomic mass is 32.2. The number of rotatable bonds is 5. The number of fused-ring (bicyclic) bond motifs is 1. The van der Waals surface area contributed by atoms with Gasteiger partial charge in [-0.05, 0) is 62.1 Å². The standard InChI is InChI=1S/C24H27N3S/c25-23-5-1-4-22-21(23)12-13-26-24(22)18-3-2-14-27(16-18)15-17-6-8-19(9-7-17)28-20-10-11-20/h1,4-9,12-13,18,20H,2-3,10-11,14-16,25H2. The summed E-state index contributed by atoms with van der Waals surface area (Å²) in [5.74, 6) is 0.476. The van der Waals surface area contributed by atoms with Crippen LogP contribution in [0.3, 0.4) is 0 Å². The summed E-state index contributed by atoms with van der Waals surface area (Å²) in [7, 11) is 0. The maximum absolute atomic E-state index is 6.19. The molecule has 144 valence electrons. The van der Waals surface area contributed by atoms with Crippen molar-refractivity contribution in [2.24, 2.45) is 0 Å². The molecule has 1 saturated heterocycles. The molecular formula is C24H27N3S. The van der Waals surface area contributed by atoms with Crippen molar-refractivity contribution in [3.05, 3.63) is 66.0 Å². The average Bonchev–Trinajstić information content (AvgIpc) is 3.54. The smallest absolute Gasteiger partial charge is 0.0526 e. The first-order valence-corrected chi connectivity index (χ1v) is 11.3. The van der Waals surface area contributed by atoms with Crippen LogP contribution in [0.15, 0.2) is 59.6 Å². The second-order valence-electron chi connectivity index (χ2n) is 8.17. The molecule has 0 amide bonds. The van der Waals surface area contributed by atoms with E-state index >= 15 is 0 Å². The summed E-state index contributed by atoms with van der Waals surface area (Å²) in [6.45, 7) is 3.26. The van der Waals surface area contributed by atoms with Crippen molar-refractivity contribution < 1.29 is 0 Å². The van der Waals surface area contributed by atoms with Gasteiger partial charge in [-0.2, -0.15) is 0 Å². The summed E-state index contributed by atoms with van der Waals surface area (Å²) in [4.78, 5) is 8.78. The Bertz CT molecular complexity index is 965. The minimum absolute atomic E-state index is 0.476. The maximum atomic E-state index is 6.19. The fourth-order valence-electron chi connectivity index (χ4n) is 4.31. The third kappa shape index (κ3) is 3.89. The summed E-state index contributed by atoms with van der Waals surface area (Å²) in [5.41, 5.74) is 9.66. The van der Waals surface area contributed by atoms with E-state index in [0.717, 1.165) is 29.4 Å². The second kappa shape index (κ2) is 7.76. The van der Waals surface area contributed by atoms with Gasteiger partial charge in [0.25, 0.3) is 0 Å². The van der Waals surface area contributed by atoms with E-state index in [1.807, 2.05) is 36.2 Å². The fourth-order valence-corrected chi connectivity index (χ4v) is 5.36. The van der Waals surface area contributed by atoms with E-state index in [4.69, 9.17) is 10.7 Å². The normalized spacial score (nSPS) is 20.5. The number of piperidine rings is 1. The van der Waals surface area contributed by atoms with Crippen LogP contribution >= 0.6 is 11.8 Å². The van der Waals surface area contributed by atoms with Gasteiger partial charge in [0.2, 0.25) is 0 Å². The average molecular weight is 390 g/mol. The van der Waals surface area contributed by atoms with Gasteiger partial charge in [-0.25, -0.2) is 0 Å². The van der Waals surface area contributed by atoms with Crippen LogP contribution in [0.4, 0.5) is 5.69 Å². The lowest BCUT2D eigenvalue weighted by Crippen LogP contribution is -2.34. The highest BCUT2D eigenvalue weighted by Crippen LogP contribution is 2.39. The number of nitrogens with zero attached hydrogens (tertiary/aromatic N) is 2. The monoisotopic (exact) mass is 389 g/mol. The van der Waals surface area contributed by atoms with Gasteiger partial charge in [0.15, 0.2) is 0 Å². The number of hydrogen-bond acceptors (Lipinski definition) is 4. The summed E-state index contributed by atoms with van der Waals surface area (Å²) in [5, 5.41) is 3.22. The number of benzene rings is 2. The van der Waals surface area contributed by atoms with Crippen LogP contribution in [0.5, 0.6) is 0 Å². The Balaban J connectivity index is 1.30. The molecule has 1 aliphatic carbocycles. The Hall–Kier alpha value is -2.04. The number of nitrogens with two attached hydrogens (primary N) is 1. The lowest BCUT2D eigenvalue weighted by atomic mass is 9.91. The summed E-state index contributed by atoms with van der Waals surface area (Å²) in [6.07, 6.45) is 7.11. The molecule has 4 heteroatoms. The van der Waals surface area contributed by atoms with Crippen LogP contribution in [-0.2, 0) is 6.54 Å². The Morgan fingerprint density at radius 1 is 1.00 bits per heavy atom. The first-order valence-electron chi connectivity index (χ1n) is 10.4. The molecule has 2 aliphatic rings. The van der Waals surface area contributed by atoms with Gasteiger partial charge in [0, 0.05) is 51.8 Å². The predicted molar refractivity (Wildman–Crippen MR) is 119 cm³/mol. The first-order chi connectivity index (χ1) is 13.8. The lowest BCUT2D eigenvalue weighted by molar-refractivity contribution is 0.199. The number of thioether (sulfide) groups is 1. The molecule has 28 heavy (non-hydrogen) atoms. The van der Waals surface area contributed by atoms with Gasteiger partial charge in [-0.15, -0.1) is 11.8 Å². The molecular weight excluding hydrogens is 362 g/mol. The van der Waals surface area contributed by atoms with Crippen LogP contribution in [0.25, 0.3) is 10.8 Å². The zero-order chi connectivity index (χ0) is 18.9. The molecule has 1 saturated carbocycles. The molecule has 3 aromatic rings. The number of aromatic nitrogens is 1. The summed E-state index contributed by atoms with van der Waals surface area (Å²) >= 11 is 2.03. The van der Waals surface area contributed by atoms with Gasteiger partial charge in [-0.1, -0.05) is 24.3 Å². The van der Waals surface area contributed by atoms with E-state index in [1.54, 1.807) is 0 Å². The molecule has 1 atom stereocenters. The Kier molecular flexibility index (Phi) is 5.00. The predicted octanol–water partition coefficient (Wildman–Crippen LogP) is 5.45. The highest BCUT2D eigenvalue weighted by molar-refractivity contribution is 8.00. The van der Waals surface area contributed by atoms with E-state index in [2.05, 4.69) is 35.2 Å². The van der Waals surface area contributed by atoms with Crippen LogP contribution in [-0.4, -0.2) is 28.2 Å². The van der Waals surface area contributed by atoms with Crippen molar-refractivity contribution in [1.29, 1.82) is 0 Å². The second-order valence-corrected chi connectivity index (χ2v) is 9.55. The number of nitrogen functional groups attached to an aromatic ring is 1. The lowest BCUT2D eigenvalue weighted by Gasteiger charge is -2.33. The molecule has 1 aliphatic heterocycles. The van der Waals surface area contributed by atoms with Crippen molar-refractivity contribution in [3.63, 3.8) is 0 Å². The molecule has 2 fully saturated rings. The Morgan fingerprint density at radius 3 is 2.68 bits per heavy atom. The highest BCUT2D eigenvalue weighted by Gasteiger charge is 2.25. The molecule has 0 bridgehead atoms. The minimum Gasteiger partial charge on any atom is -0.398 e. The fraction of sp³-hybridized carbons (Fsp3) is 0.375. The molecule has 1 unspecified atom stereocenters. The molecule has 2 aromatic carbocycles. The van der Waals surface area contributed by atoms with E-state index in [-0.39, 0.29) is 0 Å². The minimum atomic E-state index is 0.476. The van der Waals surface area contributed by atoms with E-state index in [1.165, 1.54) is 53.8 Å². The van der Waals surface area contributed by atoms with Crippen molar-refractivity contribution in [2.75, 3.05) is 18.8 Å². The van der Waals surface area contributed by atoms with Crippen LogP contribution < -0.4 is 5.73 Å². The molecule has 1 aromatic heterocycles. The molecule has 5 rings (SSSR count). The summed E-state index contributed by atoms with van der Waals surface area (Å²) < 4.78 is 0. The van der Waals surface area contributed by atoms with Crippen molar-refractivity contribution in [1.82, 2.24) is 9.88 Å². The SMILES string of the molecule is Nc1cccc2c(C3CCCN(Cc4ccc(SC5CC5)cc4)C3)nccc12. The van der Waals surface area contributed by atoms with Gasteiger partial charge in [-0.3, -0.25) is 9.88 Å². The van der Waals surface area contributed by atoms with Crippen LogP contribution in [0.1, 0.15) is 42.9 Å². The van der Waals surface area contributed by atoms with Crippen LogP contribution in [0, 0.1) is 0 Å². The molecule has 2 heterocycles. The van der Waals surface area contributed by atoms with Crippen molar-refractivity contribution in [3.8, 4) is 0 Å². The first kappa shape index (κ1) is 18.0. The number of hydrogen-bond donors (Lipinski definition) is 1. The van der Waals surface area contributed by atoms with Gasteiger partial charge in [0.05, 0.1) is 5.69 Å². The molecule has 3 nitrogen and oxygen atoms in total. The quantitative estimate of drug-likeness (QED) is 0.589. The van der Waals surface area contributed by atoms with Gasteiger partial charge >= 0.3 is 0 Å². The maximum Gasteiger partial charge on any atom is 0.0526 e. The number of likely N-dealkylation sites (tertiary alicyclic amines) is 1. The zero-order valence-electron chi connectivity index (χ0n) is 16.2. The Morgan fingerprint density at radius 2 is 1.86 bits per heavy atom. The van der Waals surface area contributed by atoms with E-state index in [9.17, 15) is 0 Å². The molecule has 2 N–H and O–H groups in total. The molecule has 0 spiro atoms. The van der Waals surface area contributed by atoms with E-state index < -0.39 is 0 Å². The van der Waals surface area contributed by atoms with Crippen molar-refractivity contribution >= 4 is 28.2 Å². The number of anilines is 1. The summed E-state index contributed by atoms with van der Waals surface area (Å²) in [6, 6.07) is 17.5. The van der Waals surface area contributed by atoms with Gasteiger partial charge < -0.3 is 5.73 Å².